The molecular formula is C14H22F2N4O3. The number of nitrogens with two attached hydrogens (primary N) is 1. The van der Waals surface area contributed by atoms with Gasteiger partial charge in [-0.3, -0.25) is 0 Å². The fourth-order valence-corrected chi connectivity index (χ4v) is 2.64. The van der Waals surface area contributed by atoms with Crippen molar-refractivity contribution in [2.75, 3.05) is 6.61 Å². The summed E-state index contributed by atoms with van der Waals surface area (Å²) in [6, 6.07) is 0. The molecule has 2 rings (SSSR count). The molecule has 0 saturated heterocycles. The van der Waals surface area contributed by atoms with Gasteiger partial charge in [-0.15, -0.1) is 5.10 Å². The van der Waals surface area contributed by atoms with Crippen molar-refractivity contribution in [3.8, 4) is 0 Å². The Morgan fingerprint density at radius 2 is 2.13 bits per heavy atom. The zero-order valence-corrected chi connectivity index (χ0v) is 13.5. The summed E-state index contributed by atoms with van der Waals surface area (Å²) in [5.41, 5.74) is -0.292. The molecule has 7 nitrogen and oxygen atoms in total. The van der Waals surface area contributed by atoms with Crippen LogP contribution in [0, 0.1) is 0 Å². The van der Waals surface area contributed by atoms with Crippen LogP contribution in [0.2, 0.25) is 0 Å². The van der Waals surface area contributed by atoms with Crippen LogP contribution < -0.4 is 5.90 Å². The predicted molar refractivity (Wildman–Crippen MR) is 76.5 cm³/mol. The first-order chi connectivity index (χ1) is 10.6. The van der Waals surface area contributed by atoms with Crippen LogP contribution >= 0.6 is 0 Å². The minimum absolute atomic E-state index is 0.118. The third-order valence-electron chi connectivity index (χ3n) is 3.80. The Labute approximate surface area is 133 Å². The Balaban J connectivity index is 2.21. The summed E-state index contributed by atoms with van der Waals surface area (Å²) in [6.45, 7) is 5.29. The van der Waals surface area contributed by atoms with Crippen molar-refractivity contribution in [2.45, 2.75) is 64.0 Å². The van der Waals surface area contributed by atoms with Crippen LogP contribution in [0.4, 0.5) is 8.78 Å². The summed E-state index contributed by atoms with van der Waals surface area (Å²) in [5.74, 6) is 0.925. The van der Waals surface area contributed by atoms with E-state index in [0.29, 0.717) is 18.5 Å². The van der Waals surface area contributed by atoms with Crippen LogP contribution in [-0.2, 0) is 32.3 Å². The third-order valence-corrected chi connectivity index (χ3v) is 3.80. The Morgan fingerprint density at radius 3 is 2.74 bits per heavy atom. The highest BCUT2D eigenvalue weighted by Gasteiger charge is 2.41. The second kappa shape index (κ2) is 6.48. The average Bonchev–Trinajstić information content (AvgIpc) is 2.89. The zero-order chi connectivity index (χ0) is 17.3. The second-order valence-corrected chi connectivity index (χ2v) is 6.67. The quantitative estimate of drug-likeness (QED) is 0.846. The Hall–Kier alpha value is -1.61. The molecule has 0 spiro atoms. The number of hydrogen-bond acceptors (Lipinski definition) is 6. The summed E-state index contributed by atoms with van der Waals surface area (Å²) in [7, 11) is 0. The third kappa shape index (κ3) is 4.03. The van der Waals surface area contributed by atoms with Crippen molar-refractivity contribution >= 4 is 5.97 Å². The maximum absolute atomic E-state index is 14.4. The molecule has 1 atom stereocenters. The molecule has 0 amide bonds. The monoisotopic (exact) mass is 332 g/mol. The normalized spacial score (nSPS) is 21.2. The molecule has 1 aromatic rings. The fraction of sp³-hybridized carbons (Fsp3) is 0.786. The molecular weight excluding hydrogens is 310 g/mol. The summed E-state index contributed by atoms with van der Waals surface area (Å²) < 4.78 is 35.7. The van der Waals surface area contributed by atoms with Crippen molar-refractivity contribution in [2.24, 2.45) is 5.90 Å². The molecule has 1 aliphatic rings. The zero-order valence-electron chi connectivity index (χ0n) is 13.5. The van der Waals surface area contributed by atoms with E-state index in [0.717, 1.165) is 0 Å². The molecule has 2 N–H and O–H groups in total. The summed E-state index contributed by atoms with van der Waals surface area (Å²) in [5, 5.41) is 7.64. The molecule has 0 aromatic carbocycles. The highest BCUT2D eigenvalue weighted by atomic mass is 19.3. The van der Waals surface area contributed by atoms with E-state index < -0.39 is 30.0 Å². The number of ether oxygens (including phenoxy) is 1. The minimum atomic E-state index is -3.07. The Kier molecular flexibility index (Phi) is 5.00. The Bertz CT molecular complexity index is 569. The molecule has 0 aliphatic heterocycles. The number of aromatic nitrogens is 3. The molecule has 0 saturated carbocycles. The number of carbonyl (C=O) groups excluding carboxylic acids is 1. The van der Waals surface area contributed by atoms with Crippen molar-refractivity contribution in [3.63, 3.8) is 0 Å². The topological polar surface area (TPSA) is 92.3 Å². The number of hydrogen-bond donors (Lipinski definition) is 1. The van der Waals surface area contributed by atoms with E-state index in [1.165, 1.54) is 4.68 Å². The summed E-state index contributed by atoms with van der Waals surface area (Å²) in [6.07, 6.45) is 0.0659. The van der Waals surface area contributed by atoms with Gasteiger partial charge in [-0.05, 0) is 40.0 Å². The minimum Gasteiger partial charge on any atom is -0.372 e. The molecule has 130 valence electrons. The number of carbonyl (C=O) groups is 1. The van der Waals surface area contributed by atoms with Crippen LogP contribution in [0.5, 0.6) is 0 Å². The highest BCUT2D eigenvalue weighted by molar-refractivity contribution is 5.70. The maximum Gasteiger partial charge on any atom is 0.350 e. The number of nitrogens with zero attached hydrogens (tertiary/aromatic N) is 3. The van der Waals surface area contributed by atoms with Crippen molar-refractivity contribution < 1.29 is 23.1 Å². The second-order valence-electron chi connectivity index (χ2n) is 6.67. The first kappa shape index (κ1) is 17.7. The van der Waals surface area contributed by atoms with E-state index in [1.54, 1.807) is 0 Å². The van der Waals surface area contributed by atoms with Crippen LogP contribution in [0.25, 0.3) is 0 Å². The molecule has 1 heterocycles. The lowest BCUT2D eigenvalue weighted by Crippen LogP contribution is -2.30. The number of alkyl halides is 2. The van der Waals surface area contributed by atoms with Crippen LogP contribution in [-0.4, -0.2) is 33.7 Å². The molecule has 9 heteroatoms. The number of halogens is 2. The molecule has 1 aliphatic carbocycles. The van der Waals surface area contributed by atoms with Crippen molar-refractivity contribution in [1.29, 1.82) is 0 Å². The van der Waals surface area contributed by atoms with Gasteiger partial charge >= 0.3 is 5.97 Å². The van der Waals surface area contributed by atoms with Gasteiger partial charge < -0.3 is 9.57 Å². The van der Waals surface area contributed by atoms with Gasteiger partial charge in [0.15, 0.2) is 5.69 Å². The van der Waals surface area contributed by atoms with E-state index in [9.17, 15) is 13.6 Å². The molecule has 0 radical (unpaired) electrons. The first-order valence-electron chi connectivity index (χ1n) is 7.49. The van der Waals surface area contributed by atoms with Crippen molar-refractivity contribution in [1.82, 2.24) is 15.0 Å². The Morgan fingerprint density at radius 1 is 1.43 bits per heavy atom. The van der Waals surface area contributed by atoms with Gasteiger partial charge in [0.05, 0.1) is 17.3 Å². The van der Waals surface area contributed by atoms with E-state index >= 15 is 0 Å². The van der Waals surface area contributed by atoms with E-state index in [4.69, 9.17) is 10.6 Å². The number of rotatable bonds is 3. The van der Waals surface area contributed by atoms with Gasteiger partial charge in [0.25, 0.3) is 5.92 Å². The highest BCUT2D eigenvalue weighted by Crippen LogP contribution is 2.38. The molecule has 0 bridgehead atoms. The lowest BCUT2D eigenvalue weighted by molar-refractivity contribution is -0.152. The standard InChI is InChI=1S/C14H22F2N4O3/c1-13(2,3)20-10-5-4-9(22-8-11(21)23-17)6-7-14(15,16)12(10)18-19-20/h9H,4-8,17H2,1-3H3. The average molecular weight is 332 g/mol. The number of fused-ring (bicyclic) bond motifs is 1. The molecule has 1 unspecified atom stereocenters. The van der Waals surface area contributed by atoms with Gasteiger partial charge in [0.1, 0.15) is 6.61 Å². The lowest BCUT2D eigenvalue weighted by atomic mass is 9.95. The van der Waals surface area contributed by atoms with Gasteiger partial charge in [-0.2, -0.15) is 14.7 Å². The SMILES string of the molecule is CC(C)(C)n1nnc2c1CCC(OCC(=O)ON)CCC2(F)F. The van der Waals surface area contributed by atoms with Gasteiger partial charge in [0.2, 0.25) is 0 Å². The van der Waals surface area contributed by atoms with Gasteiger partial charge in [-0.1, -0.05) is 5.21 Å². The van der Waals surface area contributed by atoms with Gasteiger partial charge in [-0.25, -0.2) is 9.48 Å². The largest absolute Gasteiger partial charge is 0.372 e. The van der Waals surface area contributed by atoms with Gasteiger partial charge in [0, 0.05) is 6.42 Å². The fourth-order valence-electron chi connectivity index (χ4n) is 2.64. The van der Waals surface area contributed by atoms with Crippen LogP contribution in [0.15, 0.2) is 0 Å². The van der Waals surface area contributed by atoms with Crippen molar-refractivity contribution in [3.05, 3.63) is 11.4 Å². The van der Waals surface area contributed by atoms with E-state index in [-0.39, 0.29) is 18.7 Å². The summed E-state index contributed by atoms with van der Waals surface area (Å²) >= 11 is 0. The van der Waals surface area contributed by atoms with E-state index in [1.807, 2.05) is 20.8 Å². The van der Waals surface area contributed by atoms with E-state index in [2.05, 4.69) is 15.1 Å². The van der Waals surface area contributed by atoms with Crippen LogP contribution in [0.1, 0.15) is 51.4 Å². The predicted octanol–water partition coefficient (Wildman–Crippen LogP) is 1.65. The molecule has 23 heavy (non-hydrogen) atoms. The summed E-state index contributed by atoms with van der Waals surface area (Å²) in [4.78, 5) is 15.0. The lowest BCUT2D eigenvalue weighted by Gasteiger charge is -2.27. The van der Waals surface area contributed by atoms with Crippen LogP contribution in [0.3, 0.4) is 0 Å². The molecule has 0 fully saturated rings. The smallest absolute Gasteiger partial charge is 0.350 e. The first-order valence-corrected chi connectivity index (χ1v) is 7.49. The molecule has 1 aromatic heterocycles. The maximum atomic E-state index is 14.4.